The Kier molecular flexibility index (Phi) is 8.19. The fourth-order valence-corrected chi connectivity index (χ4v) is 8.89. The van der Waals surface area contributed by atoms with Crippen LogP contribution in [0.1, 0.15) is 0 Å². The lowest BCUT2D eigenvalue weighted by atomic mass is 9.93. The maximum atomic E-state index is 2.41. The Bertz CT molecular complexity index is 3290. The van der Waals surface area contributed by atoms with Gasteiger partial charge in [-0.15, -0.1) is 0 Å². The van der Waals surface area contributed by atoms with Crippen molar-refractivity contribution in [3.05, 3.63) is 231 Å². The van der Waals surface area contributed by atoms with Crippen molar-refractivity contribution in [2.45, 2.75) is 0 Å². The topological polar surface area (TPSA) is 6.48 Å². The molecule has 2 heteroatoms. The predicted molar refractivity (Wildman–Crippen MR) is 249 cm³/mol. The molecule has 0 saturated carbocycles. The Morgan fingerprint density at radius 1 is 0.224 bits per heavy atom. The van der Waals surface area contributed by atoms with Crippen LogP contribution in [0.2, 0.25) is 0 Å². The smallest absolute Gasteiger partial charge is 0.0540 e. The predicted octanol–water partition coefficient (Wildman–Crippen LogP) is 16.1. The third-order valence-corrected chi connectivity index (χ3v) is 11.6. The van der Waals surface area contributed by atoms with Crippen LogP contribution in [-0.4, -0.2) is 0 Å². The Balaban J connectivity index is 1.02. The lowest BCUT2D eigenvalue weighted by Crippen LogP contribution is -2.11. The van der Waals surface area contributed by atoms with Gasteiger partial charge in [-0.1, -0.05) is 170 Å². The maximum absolute atomic E-state index is 2.41. The molecule has 0 aliphatic rings. The van der Waals surface area contributed by atoms with Gasteiger partial charge in [0.05, 0.1) is 17.1 Å². The number of fused-ring (bicyclic) bond motifs is 6. The van der Waals surface area contributed by atoms with Gasteiger partial charge in [0.2, 0.25) is 0 Å². The highest BCUT2D eigenvalue weighted by Gasteiger charge is 2.20. The van der Waals surface area contributed by atoms with Gasteiger partial charge in [0.25, 0.3) is 0 Å². The monoisotopic (exact) mass is 738 g/mol. The van der Waals surface area contributed by atoms with E-state index < -0.39 is 0 Å². The summed E-state index contributed by atoms with van der Waals surface area (Å²) in [5.74, 6) is 0. The molecule has 0 amide bonds. The van der Waals surface area contributed by atoms with Crippen LogP contribution < -0.4 is 9.80 Å². The summed E-state index contributed by atoms with van der Waals surface area (Å²) in [6.45, 7) is 0. The molecule has 0 aliphatic carbocycles. The minimum atomic E-state index is 1.13. The number of anilines is 6. The summed E-state index contributed by atoms with van der Waals surface area (Å²) in [6.07, 6.45) is 0. The first-order valence-electron chi connectivity index (χ1n) is 19.9. The van der Waals surface area contributed by atoms with E-state index in [0.717, 1.165) is 34.1 Å². The second-order valence-electron chi connectivity index (χ2n) is 14.9. The van der Waals surface area contributed by atoms with Crippen LogP contribution in [-0.2, 0) is 0 Å². The Morgan fingerprint density at radius 2 is 0.707 bits per heavy atom. The molecule has 0 unspecified atom stereocenters. The van der Waals surface area contributed by atoms with Gasteiger partial charge in [-0.25, -0.2) is 0 Å². The Labute approximate surface area is 338 Å². The minimum absolute atomic E-state index is 1.13. The number of hydrogen-bond donors (Lipinski definition) is 0. The summed E-state index contributed by atoms with van der Waals surface area (Å²) in [5, 5.41) is 12.2. The van der Waals surface area contributed by atoms with Crippen molar-refractivity contribution in [1.29, 1.82) is 0 Å². The molecule has 0 atom stereocenters. The van der Waals surface area contributed by atoms with Gasteiger partial charge in [0, 0.05) is 33.2 Å². The first-order chi connectivity index (χ1) is 28.8. The van der Waals surface area contributed by atoms with Gasteiger partial charge in [-0.05, 0) is 109 Å². The van der Waals surface area contributed by atoms with E-state index in [9.17, 15) is 0 Å². The van der Waals surface area contributed by atoms with Crippen molar-refractivity contribution in [3.8, 4) is 11.1 Å². The summed E-state index contributed by atoms with van der Waals surface area (Å²) in [4.78, 5) is 4.79. The van der Waals surface area contributed by atoms with Gasteiger partial charge >= 0.3 is 0 Å². The van der Waals surface area contributed by atoms with E-state index >= 15 is 0 Å². The average molecular weight is 739 g/mol. The van der Waals surface area contributed by atoms with Crippen molar-refractivity contribution in [2.24, 2.45) is 0 Å². The standard InChI is InChI=1S/C56H38N2/c1-3-19-44(20-4-1)57(54-27-13-17-39-15-7-9-23-50(39)54)46-32-34-48-43(38-46)30-29-41-37-42(31-33-47(41)48)49-35-36-56(53-26-12-11-25-52(49)53)58(45-21-5-2-6-22-45)55-28-14-18-40-16-8-10-24-51(40)55/h1-38H. The highest BCUT2D eigenvalue weighted by molar-refractivity contribution is 6.13. The molecule has 2 nitrogen and oxygen atoms in total. The minimum Gasteiger partial charge on any atom is -0.310 e. The van der Waals surface area contributed by atoms with Crippen LogP contribution >= 0.6 is 0 Å². The molecule has 0 aromatic heterocycles. The first kappa shape index (κ1) is 33.6. The van der Waals surface area contributed by atoms with Crippen molar-refractivity contribution < 1.29 is 0 Å². The van der Waals surface area contributed by atoms with Gasteiger partial charge in [-0.3, -0.25) is 0 Å². The van der Waals surface area contributed by atoms with E-state index in [1.54, 1.807) is 0 Å². The van der Waals surface area contributed by atoms with Crippen molar-refractivity contribution in [2.75, 3.05) is 9.80 Å². The molecule has 0 spiro atoms. The largest absolute Gasteiger partial charge is 0.310 e. The molecule has 11 aromatic carbocycles. The molecular weight excluding hydrogens is 701 g/mol. The van der Waals surface area contributed by atoms with E-state index in [1.807, 2.05) is 0 Å². The van der Waals surface area contributed by atoms with E-state index in [0.29, 0.717) is 0 Å². The van der Waals surface area contributed by atoms with Gasteiger partial charge in [0.15, 0.2) is 0 Å². The van der Waals surface area contributed by atoms with Crippen molar-refractivity contribution in [3.63, 3.8) is 0 Å². The third-order valence-electron chi connectivity index (χ3n) is 11.6. The lowest BCUT2D eigenvalue weighted by molar-refractivity contribution is 1.30. The Morgan fingerprint density at radius 3 is 1.36 bits per heavy atom. The van der Waals surface area contributed by atoms with Crippen molar-refractivity contribution in [1.82, 2.24) is 0 Å². The van der Waals surface area contributed by atoms with Crippen LogP contribution in [0.25, 0.3) is 65.0 Å². The van der Waals surface area contributed by atoms with Gasteiger partial charge in [-0.2, -0.15) is 0 Å². The molecule has 0 aliphatic heterocycles. The number of benzene rings is 11. The van der Waals surface area contributed by atoms with Crippen LogP contribution in [0, 0.1) is 0 Å². The summed E-state index contributed by atoms with van der Waals surface area (Å²) < 4.78 is 0. The molecule has 0 heterocycles. The Hall–Kier alpha value is -7.68. The van der Waals surface area contributed by atoms with Crippen LogP contribution in [0.4, 0.5) is 34.1 Å². The number of para-hydroxylation sites is 2. The second kappa shape index (κ2) is 14.1. The maximum Gasteiger partial charge on any atom is 0.0540 e. The summed E-state index contributed by atoms with van der Waals surface area (Å²) in [5.41, 5.74) is 9.28. The first-order valence-corrected chi connectivity index (χ1v) is 19.9. The molecule has 58 heavy (non-hydrogen) atoms. The summed E-state index contributed by atoms with van der Waals surface area (Å²) >= 11 is 0. The lowest BCUT2D eigenvalue weighted by Gasteiger charge is -2.28. The number of hydrogen-bond acceptors (Lipinski definition) is 2. The van der Waals surface area contributed by atoms with Crippen LogP contribution in [0.5, 0.6) is 0 Å². The second-order valence-corrected chi connectivity index (χ2v) is 14.9. The summed E-state index contributed by atoms with van der Waals surface area (Å²) in [6, 6.07) is 83.7. The molecule has 272 valence electrons. The quantitative estimate of drug-likeness (QED) is 0.150. The SMILES string of the molecule is c1ccc(N(c2ccc3c(ccc4cc(-c5ccc(N(c6ccccc6)c6cccc7ccccc67)c6ccccc56)ccc43)c2)c2cccc3ccccc23)cc1. The van der Waals surface area contributed by atoms with Gasteiger partial charge < -0.3 is 9.80 Å². The van der Waals surface area contributed by atoms with Crippen molar-refractivity contribution >= 4 is 88.0 Å². The molecule has 0 bridgehead atoms. The molecule has 11 rings (SSSR count). The molecule has 0 N–H and O–H groups in total. The van der Waals surface area contributed by atoms with Gasteiger partial charge in [0.1, 0.15) is 0 Å². The van der Waals surface area contributed by atoms with Crippen LogP contribution in [0.15, 0.2) is 231 Å². The average Bonchev–Trinajstić information content (AvgIpc) is 3.30. The zero-order valence-electron chi connectivity index (χ0n) is 31.8. The summed E-state index contributed by atoms with van der Waals surface area (Å²) in [7, 11) is 0. The fourth-order valence-electron chi connectivity index (χ4n) is 8.89. The molecule has 0 radical (unpaired) electrons. The zero-order chi connectivity index (χ0) is 38.4. The fraction of sp³-hybridized carbons (Fsp3) is 0. The molecular formula is C56H38N2. The molecule has 0 saturated heterocycles. The van der Waals surface area contributed by atoms with E-state index in [-0.39, 0.29) is 0 Å². The zero-order valence-corrected chi connectivity index (χ0v) is 31.8. The van der Waals surface area contributed by atoms with E-state index in [4.69, 9.17) is 0 Å². The highest BCUT2D eigenvalue weighted by Crippen LogP contribution is 2.45. The number of nitrogens with zero attached hydrogens (tertiary/aromatic N) is 2. The van der Waals surface area contributed by atoms with E-state index in [2.05, 4.69) is 240 Å². The normalized spacial score (nSPS) is 11.4. The third kappa shape index (κ3) is 5.74. The molecule has 11 aromatic rings. The van der Waals surface area contributed by atoms with E-state index in [1.165, 1.54) is 65.0 Å². The highest BCUT2D eigenvalue weighted by atomic mass is 15.1. The van der Waals surface area contributed by atoms with Crippen LogP contribution in [0.3, 0.4) is 0 Å². The number of rotatable bonds is 7. The molecule has 0 fully saturated rings.